The molecule has 0 amide bonds. The van der Waals surface area contributed by atoms with Crippen molar-refractivity contribution >= 4 is 29.2 Å². The van der Waals surface area contributed by atoms with E-state index in [1.165, 1.54) is 24.4 Å². The lowest BCUT2D eigenvalue weighted by molar-refractivity contribution is 0.346. The molecule has 0 aliphatic carbocycles. The topological polar surface area (TPSA) is 85.8 Å². The first-order valence-electron chi connectivity index (χ1n) is 6.26. The number of hydrogen-bond donors (Lipinski definition) is 1. The molecule has 0 unspecified atom stereocenters. The SMILES string of the molecule is Cc1cnc(OCC(C=Nc2ccc(F)c(Cl)c2)=NN)nc1. The maximum Gasteiger partial charge on any atom is 0.316 e. The zero-order valence-corrected chi connectivity index (χ0v) is 12.5. The smallest absolute Gasteiger partial charge is 0.316 e. The number of nitrogens with zero attached hydrogens (tertiary/aromatic N) is 4. The quantitative estimate of drug-likeness (QED) is 0.521. The minimum absolute atomic E-state index is 0.00908. The molecule has 114 valence electrons. The van der Waals surface area contributed by atoms with Crippen molar-refractivity contribution in [1.29, 1.82) is 0 Å². The van der Waals surface area contributed by atoms with Gasteiger partial charge < -0.3 is 10.6 Å². The number of hydrazone groups is 1. The van der Waals surface area contributed by atoms with Gasteiger partial charge in [-0.25, -0.2) is 14.4 Å². The van der Waals surface area contributed by atoms with Gasteiger partial charge in [0, 0.05) is 12.4 Å². The van der Waals surface area contributed by atoms with Crippen molar-refractivity contribution in [1.82, 2.24) is 9.97 Å². The molecule has 1 aromatic heterocycles. The van der Waals surface area contributed by atoms with E-state index in [1.807, 2.05) is 6.92 Å². The molecule has 2 aromatic rings. The lowest BCUT2D eigenvalue weighted by Gasteiger charge is -2.03. The van der Waals surface area contributed by atoms with Crippen molar-refractivity contribution in [3.8, 4) is 6.01 Å². The number of aromatic nitrogens is 2. The second-order valence-corrected chi connectivity index (χ2v) is 4.72. The van der Waals surface area contributed by atoms with Crippen LogP contribution in [-0.2, 0) is 0 Å². The molecule has 0 radical (unpaired) electrons. The van der Waals surface area contributed by atoms with E-state index in [0.717, 1.165) is 5.56 Å². The molecule has 0 aliphatic heterocycles. The molecule has 1 aromatic carbocycles. The summed E-state index contributed by atoms with van der Waals surface area (Å²) >= 11 is 5.67. The summed E-state index contributed by atoms with van der Waals surface area (Å²) in [7, 11) is 0. The number of halogens is 2. The fourth-order valence-electron chi connectivity index (χ4n) is 1.42. The fraction of sp³-hybridized carbons (Fsp3) is 0.143. The molecule has 0 fully saturated rings. The third kappa shape index (κ3) is 4.49. The van der Waals surface area contributed by atoms with Crippen LogP contribution in [0.1, 0.15) is 5.56 Å². The highest BCUT2D eigenvalue weighted by Gasteiger charge is 2.02. The number of aliphatic imine (C=N–C) groups is 1. The molecule has 0 saturated heterocycles. The molecule has 0 atom stereocenters. The predicted molar refractivity (Wildman–Crippen MR) is 83.4 cm³/mol. The number of hydrogen-bond acceptors (Lipinski definition) is 6. The first kappa shape index (κ1) is 15.8. The van der Waals surface area contributed by atoms with Crippen LogP contribution in [0.3, 0.4) is 0 Å². The van der Waals surface area contributed by atoms with Crippen molar-refractivity contribution in [3.63, 3.8) is 0 Å². The number of benzene rings is 1. The molecule has 22 heavy (non-hydrogen) atoms. The Morgan fingerprint density at radius 1 is 1.41 bits per heavy atom. The number of ether oxygens (including phenoxy) is 1. The number of rotatable bonds is 5. The number of aryl methyl sites for hydroxylation is 1. The molecule has 0 bridgehead atoms. The van der Waals surface area contributed by atoms with E-state index in [9.17, 15) is 4.39 Å². The van der Waals surface area contributed by atoms with Crippen LogP contribution in [-0.4, -0.2) is 28.5 Å². The van der Waals surface area contributed by atoms with E-state index in [4.69, 9.17) is 22.2 Å². The Labute approximate surface area is 131 Å². The van der Waals surface area contributed by atoms with E-state index in [2.05, 4.69) is 20.1 Å². The lowest BCUT2D eigenvalue weighted by atomic mass is 10.3. The Bertz CT molecular complexity index is 703. The highest BCUT2D eigenvalue weighted by molar-refractivity contribution is 6.32. The molecule has 0 aliphatic rings. The van der Waals surface area contributed by atoms with Crippen molar-refractivity contribution in [2.24, 2.45) is 15.9 Å². The van der Waals surface area contributed by atoms with E-state index < -0.39 is 5.82 Å². The summed E-state index contributed by atoms with van der Waals surface area (Å²) in [6, 6.07) is 4.32. The van der Waals surface area contributed by atoms with Crippen LogP contribution in [0.2, 0.25) is 5.02 Å². The largest absolute Gasteiger partial charge is 0.457 e. The maximum absolute atomic E-state index is 13.0. The van der Waals surface area contributed by atoms with Gasteiger partial charge in [-0.1, -0.05) is 11.6 Å². The first-order valence-corrected chi connectivity index (χ1v) is 6.63. The molecule has 0 saturated carbocycles. The van der Waals surface area contributed by atoms with Gasteiger partial charge in [0.15, 0.2) is 0 Å². The highest BCUT2D eigenvalue weighted by atomic mass is 35.5. The van der Waals surface area contributed by atoms with Gasteiger partial charge in [0.1, 0.15) is 18.1 Å². The summed E-state index contributed by atoms with van der Waals surface area (Å²) in [6.45, 7) is 1.93. The van der Waals surface area contributed by atoms with Crippen molar-refractivity contribution < 1.29 is 9.13 Å². The average Bonchev–Trinajstić information content (AvgIpc) is 2.52. The van der Waals surface area contributed by atoms with E-state index in [0.29, 0.717) is 11.4 Å². The summed E-state index contributed by atoms with van der Waals surface area (Å²) in [5.41, 5.74) is 1.76. The van der Waals surface area contributed by atoms with Crippen LogP contribution in [0.5, 0.6) is 6.01 Å². The van der Waals surface area contributed by atoms with Gasteiger partial charge >= 0.3 is 6.01 Å². The Hall–Kier alpha value is -2.54. The molecule has 0 spiro atoms. The Morgan fingerprint density at radius 3 is 2.77 bits per heavy atom. The molecule has 2 N–H and O–H groups in total. The summed E-state index contributed by atoms with van der Waals surface area (Å²) in [5.74, 6) is 4.76. The van der Waals surface area contributed by atoms with Crippen molar-refractivity contribution in [2.75, 3.05) is 6.61 Å². The van der Waals surface area contributed by atoms with Crippen LogP contribution < -0.4 is 10.6 Å². The van der Waals surface area contributed by atoms with Crippen LogP contribution in [0.4, 0.5) is 10.1 Å². The first-order chi connectivity index (χ1) is 10.6. The summed E-state index contributed by atoms with van der Waals surface area (Å²) < 4.78 is 18.4. The van der Waals surface area contributed by atoms with Gasteiger partial charge in [-0.3, -0.25) is 4.99 Å². The van der Waals surface area contributed by atoms with Gasteiger partial charge in [-0.05, 0) is 30.7 Å². The molecular weight excluding hydrogens is 309 g/mol. The summed E-state index contributed by atoms with van der Waals surface area (Å²) in [4.78, 5) is 12.1. The second-order valence-electron chi connectivity index (χ2n) is 4.31. The average molecular weight is 322 g/mol. The highest BCUT2D eigenvalue weighted by Crippen LogP contribution is 2.21. The van der Waals surface area contributed by atoms with Gasteiger partial charge in [-0.2, -0.15) is 5.10 Å². The normalized spacial score (nSPS) is 11.9. The Morgan fingerprint density at radius 2 is 2.14 bits per heavy atom. The third-order valence-electron chi connectivity index (χ3n) is 2.54. The third-order valence-corrected chi connectivity index (χ3v) is 2.83. The van der Waals surface area contributed by atoms with Crippen molar-refractivity contribution in [2.45, 2.75) is 6.92 Å². The minimum atomic E-state index is -0.506. The Kier molecular flexibility index (Phi) is 5.37. The second kappa shape index (κ2) is 7.46. The van der Waals surface area contributed by atoms with Gasteiger partial charge in [0.05, 0.1) is 16.9 Å². The van der Waals surface area contributed by atoms with Gasteiger partial charge in [0.2, 0.25) is 0 Å². The van der Waals surface area contributed by atoms with E-state index >= 15 is 0 Å². The van der Waals surface area contributed by atoms with Crippen LogP contribution in [0, 0.1) is 12.7 Å². The van der Waals surface area contributed by atoms with Crippen molar-refractivity contribution in [3.05, 3.63) is 47.0 Å². The minimum Gasteiger partial charge on any atom is -0.457 e. The predicted octanol–water partition coefficient (Wildman–Crippen LogP) is 2.67. The zero-order chi connectivity index (χ0) is 15.9. The maximum atomic E-state index is 13.0. The molecule has 6 nitrogen and oxygen atoms in total. The molecule has 8 heteroatoms. The van der Waals surface area contributed by atoms with Crippen LogP contribution >= 0.6 is 11.6 Å². The summed E-state index contributed by atoms with van der Waals surface area (Å²) in [6.07, 6.45) is 4.67. The van der Waals surface area contributed by atoms with Crippen LogP contribution in [0.25, 0.3) is 0 Å². The summed E-state index contributed by atoms with van der Waals surface area (Å²) in [5, 5.41) is 3.55. The standard InChI is InChI=1S/C14H13ClFN5O/c1-9-5-19-14(20-6-9)22-8-11(21-17)7-18-10-2-3-13(16)12(15)4-10/h2-7H,8,17H2,1H3. The van der Waals surface area contributed by atoms with Crippen LogP contribution in [0.15, 0.2) is 40.7 Å². The van der Waals surface area contributed by atoms with Gasteiger partial charge in [0.25, 0.3) is 0 Å². The monoisotopic (exact) mass is 321 g/mol. The Balaban J connectivity index is 1.98. The zero-order valence-electron chi connectivity index (χ0n) is 11.7. The molecule has 1 heterocycles. The lowest BCUT2D eigenvalue weighted by Crippen LogP contribution is -2.16. The fourth-order valence-corrected chi connectivity index (χ4v) is 1.59. The van der Waals surface area contributed by atoms with Gasteiger partial charge in [-0.15, -0.1) is 0 Å². The molecular formula is C14H13ClFN5O. The van der Waals surface area contributed by atoms with E-state index in [-0.39, 0.29) is 17.6 Å². The van der Waals surface area contributed by atoms with E-state index in [1.54, 1.807) is 12.4 Å². The molecule has 2 rings (SSSR count). The number of nitrogens with two attached hydrogens (primary N) is 1.